The van der Waals surface area contributed by atoms with Gasteiger partial charge in [0.15, 0.2) is 0 Å². The third-order valence-corrected chi connectivity index (χ3v) is 6.07. The number of thiophene rings is 1. The van der Waals surface area contributed by atoms with Crippen LogP contribution in [-0.4, -0.2) is 43.0 Å². The zero-order valence-electron chi connectivity index (χ0n) is 13.4. The van der Waals surface area contributed by atoms with E-state index in [1.807, 2.05) is 6.07 Å². The van der Waals surface area contributed by atoms with Crippen LogP contribution >= 0.6 is 11.3 Å². The standard InChI is InChI=1S/C17H27N3OS/c1-13(16-5-3-11-22-16)19-17(21)12-20-9-6-14(7-10-20)15-4-2-8-18-15/h3,5,11,13-15,18H,2,4,6-10,12H2,1H3,(H,19,21). The fraction of sp³-hybridized carbons (Fsp3) is 0.706. The van der Waals surface area contributed by atoms with Crippen LogP contribution in [0.1, 0.15) is 43.5 Å². The number of nitrogens with zero attached hydrogens (tertiary/aromatic N) is 1. The van der Waals surface area contributed by atoms with Gasteiger partial charge >= 0.3 is 0 Å². The van der Waals surface area contributed by atoms with E-state index in [2.05, 4.69) is 33.9 Å². The second-order valence-corrected chi connectivity index (χ2v) is 7.60. The smallest absolute Gasteiger partial charge is 0.234 e. The molecule has 2 N–H and O–H groups in total. The molecule has 2 aliphatic rings. The Balaban J connectivity index is 1.39. The number of amides is 1. The first kappa shape index (κ1) is 16.0. The maximum absolute atomic E-state index is 12.2. The molecular weight excluding hydrogens is 294 g/mol. The number of hydrogen-bond acceptors (Lipinski definition) is 4. The summed E-state index contributed by atoms with van der Waals surface area (Å²) in [5, 5.41) is 8.80. The van der Waals surface area contributed by atoms with Crippen LogP contribution in [0.25, 0.3) is 0 Å². The van der Waals surface area contributed by atoms with Crippen LogP contribution in [0, 0.1) is 5.92 Å². The van der Waals surface area contributed by atoms with Gasteiger partial charge in [0.2, 0.25) is 5.91 Å². The van der Waals surface area contributed by atoms with Gasteiger partial charge in [-0.15, -0.1) is 11.3 Å². The summed E-state index contributed by atoms with van der Waals surface area (Å²) in [5.41, 5.74) is 0. The van der Waals surface area contributed by atoms with Crippen LogP contribution in [0.3, 0.4) is 0 Å². The van der Waals surface area contributed by atoms with Crippen molar-refractivity contribution < 1.29 is 4.79 Å². The van der Waals surface area contributed by atoms with E-state index in [0.29, 0.717) is 6.54 Å². The lowest BCUT2D eigenvalue weighted by molar-refractivity contribution is -0.123. The molecular formula is C17H27N3OS. The van der Waals surface area contributed by atoms with Crippen LogP contribution in [0.2, 0.25) is 0 Å². The summed E-state index contributed by atoms with van der Waals surface area (Å²) in [7, 11) is 0. The number of rotatable bonds is 5. The molecule has 3 rings (SSSR count). The lowest BCUT2D eigenvalue weighted by atomic mass is 9.88. The van der Waals surface area contributed by atoms with Gasteiger partial charge in [0.25, 0.3) is 0 Å². The third-order valence-electron chi connectivity index (χ3n) is 5.01. The van der Waals surface area contributed by atoms with Crippen molar-refractivity contribution >= 4 is 17.2 Å². The molecule has 0 aliphatic carbocycles. The topological polar surface area (TPSA) is 44.4 Å². The molecule has 0 spiro atoms. The molecule has 2 saturated heterocycles. The van der Waals surface area contributed by atoms with E-state index < -0.39 is 0 Å². The van der Waals surface area contributed by atoms with E-state index in [9.17, 15) is 4.79 Å². The second kappa shape index (κ2) is 7.57. The summed E-state index contributed by atoms with van der Waals surface area (Å²) in [6, 6.07) is 4.96. The Bertz CT molecular complexity index is 462. The summed E-state index contributed by atoms with van der Waals surface area (Å²) in [6.45, 7) is 5.91. The Kier molecular flexibility index (Phi) is 5.50. The van der Waals surface area contributed by atoms with Crippen LogP contribution in [-0.2, 0) is 4.79 Å². The Morgan fingerprint density at radius 2 is 2.27 bits per heavy atom. The van der Waals surface area contributed by atoms with Gasteiger partial charge in [-0.3, -0.25) is 9.69 Å². The minimum absolute atomic E-state index is 0.118. The first-order chi connectivity index (χ1) is 10.7. The normalized spacial score (nSPS) is 25.2. The van der Waals surface area contributed by atoms with Crippen LogP contribution in [0.4, 0.5) is 0 Å². The van der Waals surface area contributed by atoms with Gasteiger partial charge in [0, 0.05) is 10.9 Å². The zero-order valence-corrected chi connectivity index (χ0v) is 14.2. The average Bonchev–Trinajstić information content (AvgIpc) is 3.21. The van der Waals surface area contributed by atoms with Gasteiger partial charge in [-0.1, -0.05) is 6.07 Å². The van der Waals surface area contributed by atoms with E-state index in [1.165, 1.54) is 37.1 Å². The first-order valence-corrected chi connectivity index (χ1v) is 9.39. The first-order valence-electron chi connectivity index (χ1n) is 8.51. The fourth-order valence-corrected chi connectivity index (χ4v) is 4.46. The van der Waals surface area contributed by atoms with E-state index in [0.717, 1.165) is 25.0 Å². The van der Waals surface area contributed by atoms with Crippen LogP contribution in [0.15, 0.2) is 17.5 Å². The number of carbonyl (C=O) groups excluding carboxylic acids is 1. The Hall–Kier alpha value is -0.910. The number of piperidine rings is 1. The molecule has 122 valence electrons. The van der Waals surface area contributed by atoms with Crippen molar-refractivity contribution in [3.8, 4) is 0 Å². The molecule has 2 atom stereocenters. The molecule has 3 heterocycles. The summed E-state index contributed by atoms with van der Waals surface area (Å²) in [6.07, 6.45) is 5.12. The molecule has 0 saturated carbocycles. The van der Waals surface area contributed by atoms with E-state index in [1.54, 1.807) is 11.3 Å². The monoisotopic (exact) mass is 321 g/mol. The zero-order chi connectivity index (χ0) is 15.4. The highest BCUT2D eigenvalue weighted by Gasteiger charge is 2.28. The van der Waals surface area contributed by atoms with E-state index in [4.69, 9.17) is 0 Å². The summed E-state index contributed by atoms with van der Waals surface area (Å²) in [4.78, 5) is 15.7. The van der Waals surface area contributed by atoms with Crippen LogP contribution in [0.5, 0.6) is 0 Å². The molecule has 4 nitrogen and oxygen atoms in total. The molecule has 22 heavy (non-hydrogen) atoms. The minimum Gasteiger partial charge on any atom is -0.348 e. The van der Waals surface area contributed by atoms with Crippen molar-refractivity contribution in [3.63, 3.8) is 0 Å². The largest absolute Gasteiger partial charge is 0.348 e. The predicted molar refractivity (Wildman–Crippen MR) is 91.1 cm³/mol. The molecule has 1 aromatic rings. The quantitative estimate of drug-likeness (QED) is 0.875. The van der Waals surface area contributed by atoms with E-state index in [-0.39, 0.29) is 11.9 Å². The lowest BCUT2D eigenvalue weighted by Crippen LogP contribution is -2.45. The van der Waals surface area contributed by atoms with Crippen LogP contribution < -0.4 is 10.6 Å². The molecule has 2 fully saturated rings. The maximum Gasteiger partial charge on any atom is 0.234 e. The fourth-order valence-electron chi connectivity index (χ4n) is 3.73. The van der Waals surface area contributed by atoms with Gasteiger partial charge < -0.3 is 10.6 Å². The minimum atomic E-state index is 0.118. The Morgan fingerprint density at radius 1 is 1.45 bits per heavy atom. The average molecular weight is 321 g/mol. The van der Waals surface area contributed by atoms with Gasteiger partial charge in [0.1, 0.15) is 0 Å². The summed E-state index contributed by atoms with van der Waals surface area (Å²) >= 11 is 1.70. The predicted octanol–water partition coefficient (Wildman–Crippen LogP) is 2.39. The molecule has 0 radical (unpaired) electrons. The molecule has 2 unspecified atom stereocenters. The van der Waals surface area contributed by atoms with Crippen molar-refractivity contribution in [1.29, 1.82) is 0 Å². The van der Waals surface area contributed by atoms with Crippen molar-refractivity contribution in [2.75, 3.05) is 26.2 Å². The number of hydrogen-bond donors (Lipinski definition) is 2. The van der Waals surface area contributed by atoms with Gasteiger partial charge in [-0.05, 0) is 69.6 Å². The van der Waals surface area contributed by atoms with Crippen molar-refractivity contribution in [2.24, 2.45) is 5.92 Å². The molecule has 1 amide bonds. The molecule has 0 aromatic carbocycles. The highest BCUT2D eigenvalue weighted by Crippen LogP contribution is 2.25. The lowest BCUT2D eigenvalue weighted by Gasteiger charge is -2.34. The highest BCUT2D eigenvalue weighted by molar-refractivity contribution is 7.10. The molecule has 2 aliphatic heterocycles. The second-order valence-electron chi connectivity index (χ2n) is 6.62. The van der Waals surface area contributed by atoms with Gasteiger partial charge in [-0.25, -0.2) is 0 Å². The van der Waals surface area contributed by atoms with Gasteiger partial charge in [-0.2, -0.15) is 0 Å². The Morgan fingerprint density at radius 3 is 2.91 bits per heavy atom. The molecule has 5 heteroatoms. The molecule has 1 aromatic heterocycles. The molecule has 0 bridgehead atoms. The number of carbonyl (C=O) groups is 1. The van der Waals surface area contributed by atoms with Gasteiger partial charge in [0.05, 0.1) is 12.6 Å². The SMILES string of the molecule is CC(NC(=O)CN1CCC(C2CCCN2)CC1)c1cccs1. The number of nitrogens with one attached hydrogen (secondary N) is 2. The summed E-state index contributed by atoms with van der Waals surface area (Å²) in [5.74, 6) is 0.963. The third kappa shape index (κ3) is 4.09. The van der Waals surface area contributed by atoms with E-state index >= 15 is 0 Å². The number of likely N-dealkylation sites (tertiary alicyclic amines) is 1. The van der Waals surface area contributed by atoms with Crippen molar-refractivity contribution in [2.45, 2.75) is 44.7 Å². The van der Waals surface area contributed by atoms with Crippen molar-refractivity contribution in [3.05, 3.63) is 22.4 Å². The Labute approximate surface area is 137 Å². The maximum atomic E-state index is 12.2. The van der Waals surface area contributed by atoms with Crippen molar-refractivity contribution in [1.82, 2.24) is 15.5 Å². The highest BCUT2D eigenvalue weighted by atomic mass is 32.1. The summed E-state index contributed by atoms with van der Waals surface area (Å²) < 4.78 is 0.